The van der Waals surface area contributed by atoms with E-state index in [2.05, 4.69) is 13.8 Å². The Morgan fingerprint density at radius 2 is 2.00 bits per heavy atom. The molecule has 3 heteroatoms. The van der Waals surface area contributed by atoms with Gasteiger partial charge in [0.2, 0.25) is 0 Å². The Balaban J connectivity index is 2.87. The van der Waals surface area contributed by atoms with Gasteiger partial charge in [0.05, 0.1) is 18.1 Å². The smallest absolute Gasteiger partial charge is 0.312 e. The van der Waals surface area contributed by atoms with Crippen molar-refractivity contribution in [2.75, 3.05) is 6.61 Å². The molecule has 4 unspecified atom stereocenters. The molecular formula is C15H28O3. The van der Waals surface area contributed by atoms with Gasteiger partial charge >= 0.3 is 5.97 Å². The molecule has 0 aromatic carbocycles. The van der Waals surface area contributed by atoms with Gasteiger partial charge in [-0.2, -0.15) is 0 Å². The molecule has 1 N–H and O–H groups in total. The molecule has 1 rings (SSSR count). The molecule has 0 saturated heterocycles. The summed E-state index contributed by atoms with van der Waals surface area (Å²) in [6.07, 6.45) is 2.40. The van der Waals surface area contributed by atoms with Gasteiger partial charge in [-0.1, -0.05) is 27.7 Å². The summed E-state index contributed by atoms with van der Waals surface area (Å²) < 4.78 is 5.15. The summed E-state index contributed by atoms with van der Waals surface area (Å²) in [5.41, 5.74) is -0.883. The fourth-order valence-electron chi connectivity index (χ4n) is 3.25. The quantitative estimate of drug-likeness (QED) is 0.786. The van der Waals surface area contributed by atoms with Crippen molar-refractivity contribution in [3.63, 3.8) is 0 Å². The molecule has 0 aromatic heterocycles. The fourth-order valence-corrected chi connectivity index (χ4v) is 3.25. The van der Waals surface area contributed by atoms with Crippen LogP contribution in [0.25, 0.3) is 0 Å². The molecular weight excluding hydrogens is 228 g/mol. The van der Waals surface area contributed by atoms with E-state index in [0.29, 0.717) is 31.3 Å². The Morgan fingerprint density at radius 1 is 1.39 bits per heavy atom. The monoisotopic (exact) mass is 256 g/mol. The van der Waals surface area contributed by atoms with Crippen molar-refractivity contribution in [3.8, 4) is 0 Å². The largest absolute Gasteiger partial charge is 0.466 e. The lowest BCUT2D eigenvalue weighted by Crippen LogP contribution is -2.50. The second-order valence-corrected chi connectivity index (χ2v) is 6.27. The molecule has 18 heavy (non-hydrogen) atoms. The molecule has 3 nitrogen and oxygen atoms in total. The van der Waals surface area contributed by atoms with E-state index in [0.717, 1.165) is 6.42 Å². The number of rotatable bonds is 4. The van der Waals surface area contributed by atoms with Crippen molar-refractivity contribution in [1.82, 2.24) is 0 Å². The van der Waals surface area contributed by atoms with E-state index < -0.39 is 11.5 Å². The summed E-state index contributed by atoms with van der Waals surface area (Å²) in [4.78, 5) is 12.1. The maximum atomic E-state index is 12.1. The van der Waals surface area contributed by atoms with Gasteiger partial charge in [-0.15, -0.1) is 0 Å². The summed E-state index contributed by atoms with van der Waals surface area (Å²) in [6.45, 7) is 10.6. The standard InChI is InChI=1S/C15H28O3/c1-6-18-14(16)13(10(2)3)15(17)8-7-11(4)12(5)9-15/h10-13,17H,6-9H2,1-5H3. The van der Waals surface area contributed by atoms with E-state index in [1.54, 1.807) is 0 Å². The number of ether oxygens (including phenoxy) is 1. The van der Waals surface area contributed by atoms with Gasteiger partial charge in [-0.25, -0.2) is 0 Å². The van der Waals surface area contributed by atoms with Crippen molar-refractivity contribution in [3.05, 3.63) is 0 Å². The molecule has 1 fully saturated rings. The highest BCUT2D eigenvalue weighted by Gasteiger charge is 2.47. The SMILES string of the molecule is CCOC(=O)C(C(C)C)C1(O)CCC(C)C(C)C1. The number of aliphatic hydroxyl groups is 1. The Bertz CT molecular complexity index is 287. The predicted octanol–water partition coefficient (Wildman–Crippen LogP) is 3.01. The van der Waals surface area contributed by atoms with Gasteiger partial charge in [0.25, 0.3) is 0 Å². The molecule has 0 heterocycles. The fraction of sp³-hybridized carbons (Fsp3) is 0.933. The molecule has 0 radical (unpaired) electrons. The van der Waals surface area contributed by atoms with Gasteiger partial charge in [-0.3, -0.25) is 4.79 Å². The van der Waals surface area contributed by atoms with Crippen molar-refractivity contribution < 1.29 is 14.6 Å². The van der Waals surface area contributed by atoms with Crippen molar-refractivity contribution in [1.29, 1.82) is 0 Å². The molecule has 4 atom stereocenters. The van der Waals surface area contributed by atoms with Gasteiger partial charge < -0.3 is 9.84 Å². The first kappa shape index (κ1) is 15.5. The molecule has 0 bridgehead atoms. The van der Waals surface area contributed by atoms with Crippen LogP contribution in [0.5, 0.6) is 0 Å². The van der Waals surface area contributed by atoms with E-state index in [1.165, 1.54) is 0 Å². The number of esters is 1. The molecule has 106 valence electrons. The van der Waals surface area contributed by atoms with Gasteiger partial charge in [-0.05, 0) is 43.9 Å². The third kappa shape index (κ3) is 3.25. The van der Waals surface area contributed by atoms with Gasteiger partial charge in [0.15, 0.2) is 0 Å². The zero-order valence-corrected chi connectivity index (χ0v) is 12.4. The van der Waals surface area contributed by atoms with Crippen LogP contribution in [0.1, 0.15) is 53.9 Å². The van der Waals surface area contributed by atoms with E-state index in [9.17, 15) is 9.90 Å². The second-order valence-electron chi connectivity index (χ2n) is 6.27. The summed E-state index contributed by atoms with van der Waals surface area (Å²) in [6, 6.07) is 0. The van der Waals surface area contributed by atoms with E-state index >= 15 is 0 Å². The zero-order valence-electron chi connectivity index (χ0n) is 12.4. The van der Waals surface area contributed by atoms with Crippen LogP contribution in [0, 0.1) is 23.7 Å². The molecule has 0 aliphatic heterocycles. The van der Waals surface area contributed by atoms with Crippen molar-refractivity contribution >= 4 is 5.97 Å². The number of hydrogen-bond donors (Lipinski definition) is 1. The third-order valence-electron chi connectivity index (χ3n) is 4.47. The highest BCUT2D eigenvalue weighted by atomic mass is 16.5. The predicted molar refractivity (Wildman–Crippen MR) is 72.1 cm³/mol. The Morgan fingerprint density at radius 3 is 2.44 bits per heavy atom. The molecule has 1 aliphatic carbocycles. The van der Waals surface area contributed by atoms with E-state index in [-0.39, 0.29) is 11.9 Å². The van der Waals surface area contributed by atoms with Crippen molar-refractivity contribution in [2.24, 2.45) is 23.7 Å². The van der Waals surface area contributed by atoms with Crippen LogP contribution in [0.2, 0.25) is 0 Å². The Labute approximate surface area is 111 Å². The second kappa shape index (κ2) is 6.05. The minimum absolute atomic E-state index is 0.106. The minimum atomic E-state index is -0.883. The molecule has 1 saturated carbocycles. The van der Waals surface area contributed by atoms with Crippen LogP contribution in [-0.4, -0.2) is 23.3 Å². The summed E-state index contributed by atoms with van der Waals surface area (Å²) in [5, 5.41) is 10.9. The topological polar surface area (TPSA) is 46.5 Å². The number of carbonyl (C=O) groups is 1. The first-order valence-corrected chi connectivity index (χ1v) is 7.20. The van der Waals surface area contributed by atoms with E-state index in [1.807, 2.05) is 20.8 Å². The normalized spacial score (nSPS) is 34.4. The average Bonchev–Trinajstić information content (AvgIpc) is 2.24. The first-order valence-electron chi connectivity index (χ1n) is 7.20. The van der Waals surface area contributed by atoms with Crippen molar-refractivity contribution in [2.45, 2.75) is 59.5 Å². The highest BCUT2D eigenvalue weighted by Crippen LogP contribution is 2.43. The zero-order chi connectivity index (χ0) is 13.9. The first-order chi connectivity index (χ1) is 8.31. The molecule has 0 aromatic rings. The third-order valence-corrected chi connectivity index (χ3v) is 4.47. The molecule has 0 amide bonds. The van der Waals surface area contributed by atoms with Crippen LogP contribution in [0.15, 0.2) is 0 Å². The van der Waals surface area contributed by atoms with Crippen LogP contribution >= 0.6 is 0 Å². The van der Waals surface area contributed by atoms with Gasteiger partial charge in [0, 0.05) is 0 Å². The molecule has 0 spiro atoms. The lowest BCUT2D eigenvalue weighted by molar-refractivity contribution is -0.167. The Hall–Kier alpha value is -0.570. The van der Waals surface area contributed by atoms with E-state index in [4.69, 9.17) is 4.74 Å². The van der Waals surface area contributed by atoms with Gasteiger partial charge in [0.1, 0.15) is 0 Å². The minimum Gasteiger partial charge on any atom is -0.466 e. The summed E-state index contributed by atoms with van der Waals surface area (Å²) in [5.74, 6) is 0.554. The number of hydrogen-bond acceptors (Lipinski definition) is 3. The summed E-state index contributed by atoms with van der Waals surface area (Å²) >= 11 is 0. The average molecular weight is 256 g/mol. The van der Waals surface area contributed by atoms with Crippen LogP contribution in [-0.2, 0) is 9.53 Å². The molecule has 1 aliphatic rings. The highest BCUT2D eigenvalue weighted by molar-refractivity contribution is 5.74. The van der Waals surface area contributed by atoms with Crippen LogP contribution in [0.3, 0.4) is 0 Å². The lowest BCUT2D eigenvalue weighted by Gasteiger charge is -2.44. The Kier molecular flexibility index (Phi) is 5.20. The summed E-state index contributed by atoms with van der Waals surface area (Å²) in [7, 11) is 0. The van der Waals surface area contributed by atoms with Crippen LogP contribution in [0.4, 0.5) is 0 Å². The maximum absolute atomic E-state index is 12.1. The number of carbonyl (C=O) groups excluding carboxylic acids is 1. The van der Waals surface area contributed by atoms with Crippen LogP contribution < -0.4 is 0 Å². The maximum Gasteiger partial charge on any atom is 0.312 e. The lowest BCUT2D eigenvalue weighted by atomic mass is 9.65.